The third-order valence-corrected chi connectivity index (χ3v) is 3.99. The van der Waals surface area contributed by atoms with Crippen LogP contribution in [0.5, 0.6) is 0 Å². The van der Waals surface area contributed by atoms with Crippen LogP contribution in [0.15, 0.2) is 5.38 Å². The molecule has 1 aliphatic rings. The summed E-state index contributed by atoms with van der Waals surface area (Å²) in [5, 5.41) is 6.25. The fourth-order valence-electron chi connectivity index (χ4n) is 2.14. The Balaban J connectivity index is 2.06. The second-order valence-electron chi connectivity index (χ2n) is 5.28. The molecular formula is C13H21N3OS. The second-order valence-corrected chi connectivity index (χ2v) is 6.22. The molecule has 100 valence electrons. The Morgan fingerprint density at radius 1 is 1.67 bits per heavy atom. The van der Waals surface area contributed by atoms with Crippen LogP contribution in [-0.2, 0) is 6.42 Å². The average Bonchev–Trinajstić information content (AvgIpc) is 2.76. The minimum Gasteiger partial charge on any atom is -0.332 e. The van der Waals surface area contributed by atoms with Crippen LogP contribution in [0, 0.1) is 5.92 Å². The molecule has 1 fully saturated rings. The van der Waals surface area contributed by atoms with Gasteiger partial charge in [0.25, 0.3) is 5.91 Å². The van der Waals surface area contributed by atoms with E-state index >= 15 is 0 Å². The highest BCUT2D eigenvalue weighted by atomic mass is 32.1. The number of nitrogens with one attached hydrogen (secondary N) is 1. The van der Waals surface area contributed by atoms with E-state index in [9.17, 15) is 4.79 Å². The maximum Gasteiger partial charge on any atom is 0.273 e. The number of amides is 1. The zero-order valence-corrected chi connectivity index (χ0v) is 12.1. The smallest absolute Gasteiger partial charge is 0.273 e. The first-order valence-corrected chi connectivity index (χ1v) is 7.42. The number of aromatic nitrogens is 1. The Kier molecular flexibility index (Phi) is 4.35. The molecule has 1 unspecified atom stereocenters. The molecular weight excluding hydrogens is 246 g/mol. The van der Waals surface area contributed by atoms with Crippen LogP contribution in [0.2, 0.25) is 0 Å². The van der Waals surface area contributed by atoms with E-state index in [1.165, 1.54) is 0 Å². The second kappa shape index (κ2) is 5.80. The first-order valence-electron chi connectivity index (χ1n) is 6.54. The SMILES string of the molecule is CC(C)Cc1nc(C(=O)N2CCNCC2C)cs1. The van der Waals surface area contributed by atoms with Gasteiger partial charge in [-0.2, -0.15) is 0 Å². The molecule has 18 heavy (non-hydrogen) atoms. The summed E-state index contributed by atoms with van der Waals surface area (Å²) in [5.74, 6) is 0.660. The Morgan fingerprint density at radius 2 is 2.44 bits per heavy atom. The normalized spacial score (nSPS) is 20.4. The molecule has 0 radical (unpaired) electrons. The summed E-state index contributed by atoms with van der Waals surface area (Å²) < 4.78 is 0. The summed E-state index contributed by atoms with van der Waals surface area (Å²) in [5.41, 5.74) is 0.615. The molecule has 0 saturated carbocycles. The predicted octanol–water partition coefficient (Wildman–Crippen LogP) is 1.78. The van der Waals surface area contributed by atoms with Gasteiger partial charge >= 0.3 is 0 Å². The van der Waals surface area contributed by atoms with Crippen molar-refractivity contribution < 1.29 is 4.79 Å². The Hall–Kier alpha value is -0.940. The first-order chi connectivity index (χ1) is 8.58. The number of carbonyl (C=O) groups excluding carboxylic acids is 1. The highest BCUT2D eigenvalue weighted by molar-refractivity contribution is 7.09. The van der Waals surface area contributed by atoms with Crippen LogP contribution in [0.4, 0.5) is 0 Å². The van der Waals surface area contributed by atoms with Crippen molar-refractivity contribution in [1.82, 2.24) is 15.2 Å². The number of carbonyl (C=O) groups is 1. The molecule has 0 bridgehead atoms. The van der Waals surface area contributed by atoms with Gasteiger partial charge in [-0.25, -0.2) is 4.98 Å². The number of hydrogen-bond donors (Lipinski definition) is 1. The van der Waals surface area contributed by atoms with Crippen LogP contribution in [0.3, 0.4) is 0 Å². The van der Waals surface area contributed by atoms with Gasteiger partial charge in [-0.3, -0.25) is 4.79 Å². The average molecular weight is 267 g/mol. The summed E-state index contributed by atoms with van der Waals surface area (Å²) in [4.78, 5) is 18.7. The molecule has 2 heterocycles. The summed E-state index contributed by atoms with van der Waals surface area (Å²) in [6.45, 7) is 8.93. The maximum atomic E-state index is 12.4. The minimum atomic E-state index is 0.0789. The van der Waals surface area contributed by atoms with Gasteiger partial charge in [-0.1, -0.05) is 13.8 Å². The predicted molar refractivity (Wildman–Crippen MR) is 74.0 cm³/mol. The van der Waals surface area contributed by atoms with Crippen LogP contribution in [0.25, 0.3) is 0 Å². The van der Waals surface area contributed by atoms with Crippen molar-refractivity contribution >= 4 is 17.2 Å². The number of nitrogens with zero attached hydrogens (tertiary/aromatic N) is 2. The van der Waals surface area contributed by atoms with E-state index in [1.807, 2.05) is 10.3 Å². The van der Waals surface area contributed by atoms with Gasteiger partial charge in [0.2, 0.25) is 0 Å². The van der Waals surface area contributed by atoms with E-state index in [4.69, 9.17) is 0 Å². The highest BCUT2D eigenvalue weighted by Gasteiger charge is 2.25. The van der Waals surface area contributed by atoms with Crippen molar-refractivity contribution in [1.29, 1.82) is 0 Å². The Labute approximate surface area is 112 Å². The van der Waals surface area contributed by atoms with E-state index in [0.717, 1.165) is 31.1 Å². The van der Waals surface area contributed by atoms with E-state index in [2.05, 4.69) is 31.1 Å². The van der Waals surface area contributed by atoms with Gasteiger partial charge in [0.05, 0.1) is 5.01 Å². The van der Waals surface area contributed by atoms with Crippen molar-refractivity contribution in [3.05, 3.63) is 16.1 Å². The molecule has 1 aromatic rings. The van der Waals surface area contributed by atoms with E-state index < -0.39 is 0 Å². The molecule has 1 aliphatic heterocycles. The molecule has 0 aliphatic carbocycles. The van der Waals surface area contributed by atoms with Crippen molar-refractivity contribution in [2.45, 2.75) is 33.2 Å². The standard InChI is InChI=1S/C13H21N3OS/c1-9(2)6-12-15-11(8-18-12)13(17)16-5-4-14-7-10(16)3/h8-10,14H,4-7H2,1-3H3. The molecule has 1 atom stereocenters. The molecule has 5 heteroatoms. The molecule has 4 nitrogen and oxygen atoms in total. The topological polar surface area (TPSA) is 45.2 Å². The van der Waals surface area contributed by atoms with Gasteiger partial charge in [0, 0.05) is 37.5 Å². The number of rotatable bonds is 3. The molecule has 1 aromatic heterocycles. The summed E-state index contributed by atoms with van der Waals surface area (Å²) in [6.07, 6.45) is 0.953. The van der Waals surface area contributed by atoms with Crippen LogP contribution >= 0.6 is 11.3 Å². The molecule has 1 amide bonds. The third kappa shape index (κ3) is 3.09. The lowest BCUT2D eigenvalue weighted by Crippen LogP contribution is -2.52. The highest BCUT2D eigenvalue weighted by Crippen LogP contribution is 2.17. The van der Waals surface area contributed by atoms with Crippen molar-refractivity contribution in [2.75, 3.05) is 19.6 Å². The van der Waals surface area contributed by atoms with Crippen LogP contribution in [-0.4, -0.2) is 41.5 Å². The quantitative estimate of drug-likeness (QED) is 0.908. The lowest BCUT2D eigenvalue weighted by molar-refractivity contribution is 0.0650. The van der Waals surface area contributed by atoms with Crippen LogP contribution in [0.1, 0.15) is 36.3 Å². The van der Waals surface area contributed by atoms with E-state index in [-0.39, 0.29) is 11.9 Å². The van der Waals surface area contributed by atoms with Crippen LogP contribution < -0.4 is 5.32 Å². The van der Waals surface area contributed by atoms with Gasteiger partial charge in [-0.15, -0.1) is 11.3 Å². The number of piperazine rings is 1. The van der Waals surface area contributed by atoms with Gasteiger partial charge in [0.1, 0.15) is 5.69 Å². The van der Waals surface area contributed by atoms with Gasteiger partial charge in [0.15, 0.2) is 0 Å². The molecule has 2 rings (SSSR count). The molecule has 0 aromatic carbocycles. The lowest BCUT2D eigenvalue weighted by atomic mass is 10.1. The van der Waals surface area contributed by atoms with Gasteiger partial charge < -0.3 is 10.2 Å². The zero-order valence-electron chi connectivity index (χ0n) is 11.3. The molecule has 1 saturated heterocycles. The van der Waals surface area contributed by atoms with Crippen molar-refractivity contribution in [3.63, 3.8) is 0 Å². The van der Waals surface area contributed by atoms with Gasteiger partial charge in [-0.05, 0) is 12.8 Å². The molecule has 0 spiro atoms. The fraction of sp³-hybridized carbons (Fsp3) is 0.692. The minimum absolute atomic E-state index is 0.0789. The molecule has 1 N–H and O–H groups in total. The van der Waals surface area contributed by atoms with E-state index in [0.29, 0.717) is 11.6 Å². The third-order valence-electron chi connectivity index (χ3n) is 3.12. The van der Waals surface area contributed by atoms with Crippen molar-refractivity contribution in [3.8, 4) is 0 Å². The largest absolute Gasteiger partial charge is 0.332 e. The lowest BCUT2D eigenvalue weighted by Gasteiger charge is -2.33. The summed E-state index contributed by atoms with van der Waals surface area (Å²) in [6, 6.07) is 0.251. The fourth-order valence-corrected chi connectivity index (χ4v) is 3.12. The summed E-state index contributed by atoms with van der Waals surface area (Å²) in [7, 11) is 0. The number of thiazole rings is 1. The zero-order chi connectivity index (χ0) is 13.1. The Morgan fingerprint density at radius 3 is 3.11 bits per heavy atom. The number of hydrogen-bond acceptors (Lipinski definition) is 4. The monoisotopic (exact) mass is 267 g/mol. The first kappa shape index (κ1) is 13.5. The van der Waals surface area contributed by atoms with E-state index in [1.54, 1.807) is 11.3 Å². The van der Waals surface area contributed by atoms with Crippen molar-refractivity contribution in [2.24, 2.45) is 5.92 Å². The Bertz CT molecular complexity index is 416. The summed E-state index contributed by atoms with van der Waals surface area (Å²) >= 11 is 1.60. The maximum absolute atomic E-state index is 12.4.